The van der Waals surface area contributed by atoms with E-state index >= 15 is 0 Å². The lowest BCUT2D eigenvalue weighted by atomic mass is 9.93. The molecule has 1 aromatic heterocycles. The van der Waals surface area contributed by atoms with Crippen molar-refractivity contribution in [2.75, 3.05) is 19.6 Å². The standard InChI is InChI=1S/C18H28N4O/c1-14-12-22(13-15-6-2-4-9-19-15)11-8-16(14)21-18(23)17-7-3-5-10-20-17/h2,4,6,9,14,16-17,20H,3,5,7-8,10-13H2,1H3,(H,21,23)/t14-,16-,17-/m0/s1. The van der Waals surface area contributed by atoms with Gasteiger partial charge in [-0.05, 0) is 43.9 Å². The van der Waals surface area contributed by atoms with Crippen molar-refractivity contribution in [3.63, 3.8) is 0 Å². The molecule has 3 heterocycles. The SMILES string of the molecule is C[C@H]1CN(Cc2ccccn2)CC[C@@H]1NC(=O)[C@@H]1CCCCN1. The first-order chi connectivity index (χ1) is 11.2. The van der Waals surface area contributed by atoms with E-state index in [0.717, 1.165) is 51.1 Å². The topological polar surface area (TPSA) is 57.3 Å². The first-order valence-electron chi connectivity index (χ1n) is 8.88. The van der Waals surface area contributed by atoms with Gasteiger partial charge in [-0.25, -0.2) is 0 Å². The summed E-state index contributed by atoms with van der Waals surface area (Å²) in [6.45, 7) is 6.14. The van der Waals surface area contributed by atoms with Crippen molar-refractivity contribution < 1.29 is 4.79 Å². The molecule has 0 radical (unpaired) electrons. The second kappa shape index (κ2) is 7.88. The van der Waals surface area contributed by atoms with Crippen LogP contribution >= 0.6 is 0 Å². The molecule has 0 aliphatic carbocycles. The van der Waals surface area contributed by atoms with Gasteiger partial charge in [0, 0.05) is 31.9 Å². The number of carbonyl (C=O) groups excluding carboxylic acids is 1. The molecule has 23 heavy (non-hydrogen) atoms. The summed E-state index contributed by atoms with van der Waals surface area (Å²) in [5, 5.41) is 6.61. The smallest absolute Gasteiger partial charge is 0.237 e. The summed E-state index contributed by atoms with van der Waals surface area (Å²) in [5.41, 5.74) is 1.12. The van der Waals surface area contributed by atoms with E-state index in [4.69, 9.17) is 0 Å². The van der Waals surface area contributed by atoms with Gasteiger partial charge in [0.15, 0.2) is 0 Å². The first-order valence-corrected chi connectivity index (χ1v) is 8.88. The third-order valence-corrected chi connectivity index (χ3v) is 5.06. The maximum absolute atomic E-state index is 12.4. The maximum Gasteiger partial charge on any atom is 0.237 e. The predicted octanol–water partition coefficient (Wildman–Crippen LogP) is 1.55. The second-order valence-electron chi connectivity index (χ2n) is 6.94. The maximum atomic E-state index is 12.4. The van der Waals surface area contributed by atoms with Gasteiger partial charge in [-0.3, -0.25) is 14.7 Å². The molecule has 2 fully saturated rings. The fraction of sp³-hybridized carbons (Fsp3) is 0.667. The van der Waals surface area contributed by atoms with Crippen molar-refractivity contribution >= 4 is 5.91 Å². The van der Waals surface area contributed by atoms with E-state index in [-0.39, 0.29) is 11.9 Å². The van der Waals surface area contributed by atoms with Crippen LogP contribution in [0.1, 0.15) is 38.3 Å². The number of likely N-dealkylation sites (tertiary alicyclic amines) is 1. The zero-order chi connectivity index (χ0) is 16.1. The van der Waals surface area contributed by atoms with Crippen LogP contribution in [0, 0.1) is 5.92 Å². The van der Waals surface area contributed by atoms with Gasteiger partial charge in [0.2, 0.25) is 5.91 Å². The van der Waals surface area contributed by atoms with Crippen LogP contribution in [0.5, 0.6) is 0 Å². The molecule has 3 rings (SSSR count). The van der Waals surface area contributed by atoms with Crippen molar-refractivity contribution in [1.29, 1.82) is 0 Å². The van der Waals surface area contributed by atoms with Gasteiger partial charge in [0.25, 0.3) is 0 Å². The van der Waals surface area contributed by atoms with Gasteiger partial charge in [0.05, 0.1) is 11.7 Å². The summed E-state index contributed by atoms with van der Waals surface area (Å²) in [6, 6.07) is 6.38. The van der Waals surface area contributed by atoms with Crippen LogP contribution in [0.25, 0.3) is 0 Å². The molecule has 0 unspecified atom stereocenters. The Morgan fingerprint density at radius 3 is 3.00 bits per heavy atom. The van der Waals surface area contributed by atoms with Crippen LogP contribution in [0.4, 0.5) is 0 Å². The van der Waals surface area contributed by atoms with Crippen molar-refractivity contribution in [2.24, 2.45) is 5.92 Å². The lowest BCUT2D eigenvalue weighted by Crippen LogP contribution is -2.54. The highest BCUT2D eigenvalue weighted by atomic mass is 16.2. The fourth-order valence-electron chi connectivity index (χ4n) is 3.67. The molecule has 1 aromatic rings. The minimum atomic E-state index is 0.0162. The summed E-state index contributed by atoms with van der Waals surface area (Å²) in [6.07, 6.45) is 6.18. The van der Waals surface area contributed by atoms with E-state index in [9.17, 15) is 4.79 Å². The molecule has 0 bridgehead atoms. The molecule has 5 nitrogen and oxygen atoms in total. The first kappa shape index (κ1) is 16.4. The van der Waals surface area contributed by atoms with E-state index in [1.54, 1.807) is 0 Å². The van der Waals surface area contributed by atoms with Crippen LogP contribution in [0.2, 0.25) is 0 Å². The molecule has 5 heteroatoms. The number of rotatable bonds is 4. The zero-order valence-electron chi connectivity index (χ0n) is 14.0. The Hall–Kier alpha value is -1.46. The van der Waals surface area contributed by atoms with Crippen LogP contribution in [0.15, 0.2) is 24.4 Å². The third-order valence-electron chi connectivity index (χ3n) is 5.06. The summed E-state index contributed by atoms with van der Waals surface area (Å²) in [4.78, 5) is 19.2. The Bertz CT molecular complexity index is 501. The molecule has 2 N–H and O–H groups in total. The van der Waals surface area contributed by atoms with Crippen molar-refractivity contribution in [1.82, 2.24) is 20.5 Å². The van der Waals surface area contributed by atoms with Gasteiger partial charge in [0.1, 0.15) is 0 Å². The minimum Gasteiger partial charge on any atom is -0.352 e. The molecule has 2 aliphatic rings. The Kier molecular flexibility index (Phi) is 5.62. The quantitative estimate of drug-likeness (QED) is 0.885. The molecule has 1 amide bonds. The fourth-order valence-corrected chi connectivity index (χ4v) is 3.67. The third kappa shape index (κ3) is 4.52. The molecule has 2 saturated heterocycles. The number of hydrogen-bond acceptors (Lipinski definition) is 4. The van der Waals surface area contributed by atoms with E-state index in [1.807, 2.05) is 18.3 Å². The molecule has 2 aliphatic heterocycles. The van der Waals surface area contributed by atoms with Crippen LogP contribution in [-0.2, 0) is 11.3 Å². The molecular weight excluding hydrogens is 288 g/mol. The van der Waals surface area contributed by atoms with E-state index in [0.29, 0.717) is 12.0 Å². The van der Waals surface area contributed by atoms with E-state index in [2.05, 4.69) is 33.5 Å². The molecule has 3 atom stereocenters. The number of pyridine rings is 1. The lowest BCUT2D eigenvalue weighted by Gasteiger charge is -2.38. The van der Waals surface area contributed by atoms with Gasteiger partial charge >= 0.3 is 0 Å². The van der Waals surface area contributed by atoms with Crippen molar-refractivity contribution in [3.05, 3.63) is 30.1 Å². The summed E-state index contributed by atoms with van der Waals surface area (Å²) in [5.74, 6) is 0.666. The van der Waals surface area contributed by atoms with E-state index in [1.165, 1.54) is 6.42 Å². The Labute approximate surface area is 138 Å². The Morgan fingerprint density at radius 2 is 2.30 bits per heavy atom. The summed E-state index contributed by atoms with van der Waals surface area (Å²) in [7, 11) is 0. The minimum absolute atomic E-state index is 0.0162. The summed E-state index contributed by atoms with van der Waals surface area (Å²) >= 11 is 0. The number of nitrogens with one attached hydrogen (secondary N) is 2. The highest BCUT2D eigenvalue weighted by molar-refractivity contribution is 5.82. The Morgan fingerprint density at radius 1 is 1.39 bits per heavy atom. The average Bonchev–Trinajstić information content (AvgIpc) is 2.59. The van der Waals surface area contributed by atoms with Gasteiger partial charge in [-0.2, -0.15) is 0 Å². The molecule has 0 saturated carbocycles. The second-order valence-corrected chi connectivity index (χ2v) is 6.94. The van der Waals surface area contributed by atoms with Crippen molar-refractivity contribution in [3.8, 4) is 0 Å². The average molecular weight is 316 g/mol. The Balaban J connectivity index is 1.47. The summed E-state index contributed by atoms with van der Waals surface area (Å²) < 4.78 is 0. The monoisotopic (exact) mass is 316 g/mol. The number of nitrogens with zero attached hydrogens (tertiary/aromatic N) is 2. The molecule has 0 aromatic carbocycles. The molecule has 0 spiro atoms. The largest absolute Gasteiger partial charge is 0.352 e. The molecule has 126 valence electrons. The van der Waals surface area contributed by atoms with Gasteiger partial charge < -0.3 is 10.6 Å². The van der Waals surface area contributed by atoms with E-state index < -0.39 is 0 Å². The predicted molar refractivity (Wildman–Crippen MR) is 90.9 cm³/mol. The van der Waals surface area contributed by atoms with Gasteiger partial charge in [-0.15, -0.1) is 0 Å². The number of hydrogen-bond donors (Lipinski definition) is 2. The van der Waals surface area contributed by atoms with Crippen LogP contribution in [0.3, 0.4) is 0 Å². The zero-order valence-corrected chi connectivity index (χ0v) is 14.0. The van der Waals surface area contributed by atoms with Crippen LogP contribution < -0.4 is 10.6 Å². The lowest BCUT2D eigenvalue weighted by molar-refractivity contribution is -0.125. The normalized spacial score (nSPS) is 29.2. The molecular formula is C18H28N4O. The number of aromatic nitrogens is 1. The van der Waals surface area contributed by atoms with Crippen LogP contribution in [-0.4, -0.2) is 47.5 Å². The number of amides is 1. The highest BCUT2D eigenvalue weighted by Gasteiger charge is 2.29. The number of carbonyl (C=O) groups is 1. The van der Waals surface area contributed by atoms with Gasteiger partial charge in [-0.1, -0.05) is 19.4 Å². The highest BCUT2D eigenvalue weighted by Crippen LogP contribution is 2.19. The van der Waals surface area contributed by atoms with Crippen molar-refractivity contribution in [2.45, 2.75) is 51.2 Å². The number of piperidine rings is 2.